The van der Waals surface area contributed by atoms with Crippen molar-refractivity contribution in [2.24, 2.45) is 0 Å². The van der Waals surface area contributed by atoms with Crippen LogP contribution in [0.25, 0.3) is 17.2 Å². The molecule has 150 valence electrons. The van der Waals surface area contributed by atoms with Crippen molar-refractivity contribution in [1.29, 1.82) is 10.8 Å². The molecule has 5 heteroatoms. The van der Waals surface area contributed by atoms with E-state index in [9.17, 15) is 4.79 Å². The number of hydrogen-bond donors (Lipinski definition) is 3. The fraction of sp³-hybridized carbons (Fsp3) is 0.0800. The maximum atomic E-state index is 10.8. The fourth-order valence-electron chi connectivity index (χ4n) is 3.38. The van der Waals surface area contributed by atoms with E-state index in [2.05, 4.69) is 19.1 Å². The van der Waals surface area contributed by atoms with Gasteiger partial charge in [-0.15, -0.1) is 0 Å². The summed E-state index contributed by atoms with van der Waals surface area (Å²) in [4.78, 5) is 10.8. The van der Waals surface area contributed by atoms with E-state index in [-0.39, 0.29) is 5.49 Å². The molecule has 0 radical (unpaired) electrons. The number of rotatable bonds is 7. The van der Waals surface area contributed by atoms with Crippen LogP contribution < -0.4 is 5.49 Å². The van der Waals surface area contributed by atoms with Crippen molar-refractivity contribution < 1.29 is 9.90 Å². The van der Waals surface area contributed by atoms with Crippen molar-refractivity contribution in [1.82, 2.24) is 4.57 Å². The van der Waals surface area contributed by atoms with Crippen molar-refractivity contribution in [2.75, 3.05) is 0 Å². The van der Waals surface area contributed by atoms with E-state index < -0.39 is 5.97 Å². The lowest BCUT2D eigenvalue weighted by atomic mass is 9.88. The summed E-state index contributed by atoms with van der Waals surface area (Å²) in [5.74, 6) is -0.983. The van der Waals surface area contributed by atoms with Crippen LogP contribution in [-0.4, -0.2) is 22.0 Å². The lowest BCUT2D eigenvalue weighted by Crippen LogP contribution is -2.18. The van der Waals surface area contributed by atoms with Crippen LogP contribution in [0.4, 0.5) is 0 Å². The minimum absolute atomic E-state index is 0.236. The summed E-state index contributed by atoms with van der Waals surface area (Å²) in [6, 6.07) is 21.4. The highest BCUT2D eigenvalue weighted by atomic mass is 16.4. The van der Waals surface area contributed by atoms with E-state index in [4.69, 9.17) is 15.9 Å². The van der Waals surface area contributed by atoms with Gasteiger partial charge in [0.25, 0.3) is 0 Å². The number of allylic oxidation sites excluding steroid dienone is 1. The minimum Gasteiger partial charge on any atom is -0.478 e. The fourth-order valence-corrected chi connectivity index (χ4v) is 3.38. The molecule has 30 heavy (non-hydrogen) atoms. The maximum Gasteiger partial charge on any atom is 0.328 e. The molecule has 0 atom stereocenters. The quantitative estimate of drug-likeness (QED) is 0.229. The average molecular weight is 397 g/mol. The number of carbonyl (C=O) groups is 1. The van der Waals surface area contributed by atoms with Gasteiger partial charge in [0.2, 0.25) is 0 Å². The molecule has 2 aromatic carbocycles. The lowest BCUT2D eigenvalue weighted by Gasteiger charge is -2.17. The molecule has 0 aliphatic heterocycles. The normalized spacial score (nSPS) is 11.9. The molecule has 1 heterocycles. The Hall–Kier alpha value is -3.99. The Morgan fingerprint density at radius 2 is 1.63 bits per heavy atom. The van der Waals surface area contributed by atoms with E-state index >= 15 is 0 Å². The molecule has 0 amide bonds. The number of nitrogens with one attached hydrogen (secondary N) is 2. The van der Waals surface area contributed by atoms with Gasteiger partial charge in [-0.25, -0.2) is 4.79 Å². The van der Waals surface area contributed by atoms with Crippen LogP contribution in [0.1, 0.15) is 35.6 Å². The molecule has 3 rings (SSSR count). The number of benzene rings is 2. The van der Waals surface area contributed by atoms with Gasteiger partial charge in [0, 0.05) is 12.3 Å². The summed E-state index contributed by atoms with van der Waals surface area (Å²) in [5, 5.41) is 24.4. The van der Waals surface area contributed by atoms with Crippen molar-refractivity contribution in [3.8, 4) is 0 Å². The molecule has 0 aliphatic carbocycles. The molecule has 0 saturated carbocycles. The molecule has 3 aromatic rings. The molecule has 0 spiro atoms. The number of aromatic nitrogens is 1. The van der Waals surface area contributed by atoms with Gasteiger partial charge in [-0.1, -0.05) is 61.5 Å². The highest BCUT2D eigenvalue weighted by Gasteiger charge is 2.13. The summed E-state index contributed by atoms with van der Waals surface area (Å²) in [6.07, 6.45) is 6.39. The van der Waals surface area contributed by atoms with Crippen LogP contribution in [0.15, 0.2) is 79.0 Å². The van der Waals surface area contributed by atoms with Crippen molar-refractivity contribution in [3.63, 3.8) is 0 Å². The van der Waals surface area contributed by atoms with Gasteiger partial charge < -0.3 is 5.11 Å². The molecule has 1 aromatic heterocycles. The van der Waals surface area contributed by atoms with Crippen LogP contribution in [0, 0.1) is 10.8 Å². The Kier molecular flexibility index (Phi) is 6.55. The first-order valence-corrected chi connectivity index (χ1v) is 9.61. The van der Waals surface area contributed by atoms with Crippen molar-refractivity contribution in [3.05, 3.63) is 107 Å². The first kappa shape index (κ1) is 20.7. The van der Waals surface area contributed by atoms with Crippen molar-refractivity contribution >= 4 is 29.5 Å². The van der Waals surface area contributed by atoms with Gasteiger partial charge in [0.05, 0.1) is 6.34 Å². The zero-order valence-corrected chi connectivity index (χ0v) is 16.7. The zero-order valence-electron chi connectivity index (χ0n) is 16.7. The lowest BCUT2D eigenvalue weighted by molar-refractivity contribution is -0.131. The number of hydrogen-bond acceptors (Lipinski definition) is 3. The average Bonchev–Trinajstić information content (AvgIpc) is 2.77. The number of pyridine rings is 1. The summed E-state index contributed by atoms with van der Waals surface area (Å²) < 4.78 is 1.47. The highest BCUT2D eigenvalue weighted by Crippen LogP contribution is 2.34. The molecule has 5 nitrogen and oxygen atoms in total. The number of nitrogens with zero attached hydrogens (tertiary/aromatic N) is 1. The Bertz CT molecular complexity index is 1170. The molecular weight excluding hydrogens is 374 g/mol. The summed E-state index contributed by atoms with van der Waals surface area (Å²) in [7, 11) is 0. The molecule has 0 saturated heterocycles. The van der Waals surface area contributed by atoms with E-state index in [0.717, 1.165) is 52.2 Å². The first-order chi connectivity index (χ1) is 14.5. The molecular formula is C25H23N3O2. The largest absolute Gasteiger partial charge is 0.478 e. The molecule has 0 bridgehead atoms. The topological polar surface area (TPSA) is 89.9 Å². The second-order valence-electron chi connectivity index (χ2n) is 6.71. The van der Waals surface area contributed by atoms with E-state index in [1.54, 1.807) is 18.3 Å². The third kappa shape index (κ3) is 4.70. The molecule has 0 unspecified atom stereocenters. The van der Waals surface area contributed by atoms with Crippen LogP contribution in [0.5, 0.6) is 0 Å². The maximum absolute atomic E-state index is 10.8. The standard InChI is InChI=1S/C25H23N3O2/c1-2-22(19-6-4-3-5-7-19)25(21-13-14-23(27)28(16-21)17-26)20-11-8-18(9-12-20)10-15-24(29)30/h3-17,26-27H,2H2,1H3,(H,29,30)/b15-10+,25-22+,26-17?,27-23?. The Balaban J connectivity index is 2.22. The summed E-state index contributed by atoms with van der Waals surface area (Å²) in [6.45, 7) is 2.11. The Morgan fingerprint density at radius 1 is 0.967 bits per heavy atom. The Labute approximate surface area is 175 Å². The second kappa shape index (κ2) is 9.47. The van der Waals surface area contributed by atoms with Crippen molar-refractivity contribution in [2.45, 2.75) is 13.3 Å². The van der Waals surface area contributed by atoms with Gasteiger partial charge in [0.1, 0.15) is 5.49 Å². The first-order valence-electron chi connectivity index (χ1n) is 9.61. The monoisotopic (exact) mass is 397 g/mol. The zero-order chi connectivity index (χ0) is 21.5. The third-order valence-corrected chi connectivity index (χ3v) is 4.80. The molecule has 0 fully saturated rings. The predicted octanol–water partition coefficient (Wildman–Crippen LogP) is 4.89. The van der Waals surface area contributed by atoms with Gasteiger partial charge >= 0.3 is 5.97 Å². The Morgan fingerprint density at radius 3 is 2.23 bits per heavy atom. The van der Waals surface area contributed by atoms with Gasteiger partial charge in [-0.3, -0.25) is 15.4 Å². The van der Waals surface area contributed by atoms with Gasteiger partial charge in [0.15, 0.2) is 0 Å². The number of carboxylic acids is 1. The van der Waals surface area contributed by atoms with Crippen LogP contribution in [0.3, 0.4) is 0 Å². The number of aliphatic carboxylic acids is 1. The van der Waals surface area contributed by atoms with Gasteiger partial charge in [-0.05, 0) is 58.0 Å². The highest BCUT2D eigenvalue weighted by molar-refractivity contribution is 5.98. The summed E-state index contributed by atoms with van der Waals surface area (Å²) >= 11 is 0. The SMILES string of the molecule is CC/C(=C(/c1ccc(/C=C/C(=O)O)cc1)c1ccc(=N)n(C=N)c1)c1ccccc1. The third-order valence-electron chi connectivity index (χ3n) is 4.80. The van der Waals surface area contributed by atoms with E-state index in [1.165, 1.54) is 4.57 Å². The molecule has 3 N–H and O–H groups in total. The summed E-state index contributed by atoms with van der Waals surface area (Å²) in [5.41, 5.74) is 6.21. The predicted molar refractivity (Wildman–Crippen MR) is 120 cm³/mol. The smallest absolute Gasteiger partial charge is 0.328 e. The van der Waals surface area contributed by atoms with Crippen LogP contribution in [-0.2, 0) is 4.79 Å². The van der Waals surface area contributed by atoms with E-state index in [0.29, 0.717) is 0 Å². The van der Waals surface area contributed by atoms with Crippen LogP contribution in [0.2, 0.25) is 0 Å². The molecule has 0 aliphatic rings. The second-order valence-corrected chi connectivity index (χ2v) is 6.71. The number of carboxylic acid groups (broad SMARTS) is 1. The van der Waals surface area contributed by atoms with Gasteiger partial charge in [-0.2, -0.15) is 0 Å². The minimum atomic E-state index is -0.983. The van der Waals surface area contributed by atoms with E-state index in [1.807, 2.05) is 48.5 Å². The van der Waals surface area contributed by atoms with Crippen LogP contribution >= 0.6 is 0 Å².